The summed E-state index contributed by atoms with van der Waals surface area (Å²) < 4.78 is 16.9. The number of fused-ring (bicyclic) bond motifs is 1. The first kappa shape index (κ1) is 20.9. The zero-order chi connectivity index (χ0) is 21.8. The average Bonchev–Trinajstić information content (AvgIpc) is 2.78. The van der Waals surface area contributed by atoms with E-state index in [9.17, 15) is 4.79 Å². The fraction of sp³-hybridized carbons (Fsp3) is 0.348. The number of methoxy groups -OCH3 is 1. The number of nitrogens with one attached hydrogen (secondary N) is 2. The van der Waals surface area contributed by atoms with Crippen LogP contribution < -0.4 is 25.1 Å². The van der Waals surface area contributed by atoms with Crippen LogP contribution in [-0.4, -0.2) is 35.3 Å². The number of rotatable bonds is 7. The lowest BCUT2D eigenvalue weighted by atomic mass is 9.99. The van der Waals surface area contributed by atoms with Crippen LogP contribution in [0.2, 0.25) is 0 Å². The van der Waals surface area contributed by atoms with Crippen molar-refractivity contribution in [1.82, 2.24) is 20.3 Å². The number of H-pyrrole nitrogens is 1. The van der Waals surface area contributed by atoms with E-state index in [1.165, 1.54) is 0 Å². The quantitative estimate of drug-likeness (QED) is 0.604. The molecule has 2 N–H and O–H groups in total. The molecule has 2 aromatic heterocycles. The van der Waals surface area contributed by atoms with E-state index in [4.69, 9.17) is 19.2 Å². The normalized spacial score (nSPS) is 13.8. The van der Waals surface area contributed by atoms with Gasteiger partial charge in [-0.3, -0.25) is 9.78 Å². The Hall–Kier alpha value is -3.39. The minimum atomic E-state index is -0.201. The molecule has 1 aliphatic heterocycles. The number of hydrogen-bond donors (Lipinski definition) is 2. The topological polar surface area (TPSA) is 98.4 Å². The van der Waals surface area contributed by atoms with Gasteiger partial charge in [0.2, 0.25) is 0 Å². The maximum atomic E-state index is 12.4. The Morgan fingerprint density at radius 1 is 1.19 bits per heavy atom. The Labute approximate surface area is 180 Å². The number of benzene rings is 1. The van der Waals surface area contributed by atoms with Crippen molar-refractivity contribution in [1.29, 1.82) is 0 Å². The predicted octanol–water partition coefficient (Wildman–Crippen LogP) is 3.10. The molecule has 1 aromatic carbocycles. The van der Waals surface area contributed by atoms with Crippen molar-refractivity contribution in [2.75, 3.05) is 20.3 Å². The van der Waals surface area contributed by atoms with Gasteiger partial charge in [0, 0.05) is 42.2 Å². The number of aromatic amines is 1. The molecule has 0 saturated carbocycles. The summed E-state index contributed by atoms with van der Waals surface area (Å²) in [6, 6.07) is 8.86. The predicted molar refractivity (Wildman–Crippen MR) is 116 cm³/mol. The highest BCUT2D eigenvalue weighted by atomic mass is 16.6. The van der Waals surface area contributed by atoms with E-state index in [1.54, 1.807) is 25.6 Å². The summed E-state index contributed by atoms with van der Waals surface area (Å²) >= 11 is 0. The maximum absolute atomic E-state index is 12.4. The standard InChI is InChI=1S/C23H26N4O4/c1-14(2)22(17-10-21(28)27-23(26-17)15-5-4-6-24-12-15)25-13-16-9-19-20(11-18(16)29-3)31-8-7-30-19/h4-6,9-12,14,22,25H,7-8,13H2,1-3H3,(H,26,27,28). The molecule has 3 heterocycles. The molecule has 162 valence electrons. The highest BCUT2D eigenvalue weighted by molar-refractivity contribution is 5.53. The van der Waals surface area contributed by atoms with Crippen LogP contribution in [0.5, 0.6) is 17.2 Å². The minimum absolute atomic E-state index is 0.143. The summed E-state index contributed by atoms with van der Waals surface area (Å²) in [5, 5.41) is 3.53. The summed E-state index contributed by atoms with van der Waals surface area (Å²) in [4.78, 5) is 24.0. The molecule has 8 nitrogen and oxygen atoms in total. The zero-order valence-corrected chi connectivity index (χ0v) is 17.8. The Kier molecular flexibility index (Phi) is 6.18. The van der Waals surface area contributed by atoms with E-state index in [0.29, 0.717) is 48.5 Å². The van der Waals surface area contributed by atoms with Gasteiger partial charge in [0.25, 0.3) is 5.56 Å². The van der Waals surface area contributed by atoms with Crippen LogP contribution in [0.4, 0.5) is 0 Å². The van der Waals surface area contributed by atoms with E-state index in [2.05, 4.69) is 29.1 Å². The first-order valence-electron chi connectivity index (χ1n) is 10.3. The number of pyridine rings is 1. The highest BCUT2D eigenvalue weighted by Gasteiger charge is 2.21. The molecule has 0 spiro atoms. The molecule has 4 rings (SSSR count). The van der Waals surface area contributed by atoms with Gasteiger partial charge in [0.1, 0.15) is 24.8 Å². The largest absolute Gasteiger partial charge is 0.496 e. The van der Waals surface area contributed by atoms with Crippen molar-refractivity contribution in [3.05, 3.63) is 64.3 Å². The Morgan fingerprint density at radius 2 is 1.97 bits per heavy atom. The summed E-state index contributed by atoms with van der Waals surface area (Å²) in [5.41, 5.74) is 2.18. The van der Waals surface area contributed by atoms with Gasteiger partial charge in [-0.1, -0.05) is 13.8 Å². The lowest BCUT2D eigenvalue weighted by Crippen LogP contribution is -2.28. The molecule has 0 saturated heterocycles. The van der Waals surface area contributed by atoms with Gasteiger partial charge >= 0.3 is 0 Å². The molecule has 3 aromatic rings. The number of aromatic nitrogens is 3. The van der Waals surface area contributed by atoms with Gasteiger partial charge in [0.05, 0.1) is 18.8 Å². The fourth-order valence-corrected chi connectivity index (χ4v) is 3.62. The second-order valence-corrected chi connectivity index (χ2v) is 7.67. The van der Waals surface area contributed by atoms with Crippen molar-refractivity contribution in [2.45, 2.75) is 26.4 Å². The molecular weight excluding hydrogens is 396 g/mol. The average molecular weight is 422 g/mol. The number of hydrogen-bond acceptors (Lipinski definition) is 7. The molecule has 1 atom stereocenters. The lowest BCUT2D eigenvalue weighted by Gasteiger charge is -2.24. The van der Waals surface area contributed by atoms with Crippen molar-refractivity contribution in [3.63, 3.8) is 0 Å². The maximum Gasteiger partial charge on any atom is 0.251 e. The first-order chi connectivity index (χ1) is 15.0. The third-order valence-electron chi connectivity index (χ3n) is 5.14. The summed E-state index contributed by atoms with van der Waals surface area (Å²) in [7, 11) is 1.63. The molecule has 0 amide bonds. The molecular formula is C23H26N4O4. The number of ether oxygens (including phenoxy) is 3. The van der Waals surface area contributed by atoms with E-state index in [-0.39, 0.29) is 17.5 Å². The van der Waals surface area contributed by atoms with Crippen molar-refractivity contribution < 1.29 is 14.2 Å². The molecule has 31 heavy (non-hydrogen) atoms. The first-order valence-corrected chi connectivity index (χ1v) is 10.3. The Balaban J connectivity index is 1.61. The third kappa shape index (κ3) is 4.69. The summed E-state index contributed by atoms with van der Waals surface area (Å²) in [6.45, 7) is 5.74. The molecule has 1 unspecified atom stereocenters. The van der Waals surface area contributed by atoms with Gasteiger partial charge in [-0.25, -0.2) is 4.98 Å². The van der Waals surface area contributed by atoms with Crippen molar-refractivity contribution in [3.8, 4) is 28.6 Å². The van der Waals surface area contributed by atoms with Gasteiger partial charge < -0.3 is 24.5 Å². The van der Waals surface area contributed by atoms with Gasteiger partial charge in [0.15, 0.2) is 11.5 Å². The molecule has 0 radical (unpaired) electrons. The van der Waals surface area contributed by atoms with Crippen LogP contribution in [0.1, 0.15) is 31.1 Å². The van der Waals surface area contributed by atoms with Crippen molar-refractivity contribution >= 4 is 0 Å². The van der Waals surface area contributed by atoms with Gasteiger partial charge in [-0.15, -0.1) is 0 Å². The van der Waals surface area contributed by atoms with E-state index in [1.807, 2.05) is 24.3 Å². The Bertz CT molecular complexity index is 1100. The van der Waals surface area contributed by atoms with Crippen LogP contribution in [-0.2, 0) is 6.54 Å². The van der Waals surface area contributed by atoms with Crippen LogP contribution >= 0.6 is 0 Å². The molecule has 0 fully saturated rings. The highest BCUT2D eigenvalue weighted by Crippen LogP contribution is 2.37. The van der Waals surface area contributed by atoms with Crippen LogP contribution in [0, 0.1) is 5.92 Å². The second-order valence-electron chi connectivity index (χ2n) is 7.67. The smallest absolute Gasteiger partial charge is 0.251 e. The van der Waals surface area contributed by atoms with E-state index < -0.39 is 0 Å². The molecule has 0 bridgehead atoms. The van der Waals surface area contributed by atoms with E-state index in [0.717, 1.165) is 11.1 Å². The van der Waals surface area contributed by atoms with Crippen LogP contribution in [0.3, 0.4) is 0 Å². The second kappa shape index (κ2) is 9.18. The van der Waals surface area contributed by atoms with Crippen molar-refractivity contribution in [2.24, 2.45) is 5.92 Å². The summed E-state index contributed by atoms with van der Waals surface area (Å²) in [5.74, 6) is 2.80. The third-order valence-corrected chi connectivity index (χ3v) is 5.14. The minimum Gasteiger partial charge on any atom is -0.496 e. The van der Waals surface area contributed by atoms with E-state index >= 15 is 0 Å². The summed E-state index contributed by atoms with van der Waals surface area (Å²) in [6.07, 6.45) is 3.37. The molecule has 0 aliphatic carbocycles. The fourth-order valence-electron chi connectivity index (χ4n) is 3.62. The monoisotopic (exact) mass is 422 g/mol. The lowest BCUT2D eigenvalue weighted by molar-refractivity contribution is 0.170. The molecule has 8 heteroatoms. The van der Waals surface area contributed by atoms with Gasteiger partial charge in [-0.2, -0.15) is 0 Å². The molecule has 1 aliphatic rings. The number of nitrogens with zero attached hydrogens (tertiary/aromatic N) is 2. The van der Waals surface area contributed by atoms with Gasteiger partial charge in [-0.05, 0) is 24.1 Å². The zero-order valence-electron chi connectivity index (χ0n) is 17.8. The van der Waals surface area contributed by atoms with Crippen LogP contribution in [0.25, 0.3) is 11.4 Å². The van der Waals surface area contributed by atoms with Crippen LogP contribution in [0.15, 0.2) is 47.5 Å². The SMILES string of the molecule is COc1cc2c(cc1CNC(c1cc(=O)[nH]c(-c3cccnc3)n1)C(C)C)OCCO2. The Morgan fingerprint density at radius 3 is 2.65 bits per heavy atom.